The summed E-state index contributed by atoms with van der Waals surface area (Å²) in [4.78, 5) is 24.5. The van der Waals surface area contributed by atoms with E-state index in [1.807, 2.05) is 0 Å². The molecular formula is C11H16ClNO3. The van der Waals surface area contributed by atoms with Crippen molar-refractivity contribution < 1.29 is 14.3 Å². The number of hydrogen-bond donors (Lipinski definition) is 0. The van der Waals surface area contributed by atoms with Crippen LogP contribution in [0, 0.1) is 0 Å². The maximum absolute atomic E-state index is 11.8. The van der Waals surface area contributed by atoms with Crippen molar-refractivity contribution in [2.45, 2.75) is 31.6 Å². The zero-order valence-electron chi connectivity index (χ0n) is 9.53. The number of piperidine rings is 1. The van der Waals surface area contributed by atoms with Gasteiger partial charge in [-0.3, -0.25) is 4.79 Å². The number of halogens is 1. The Hall–Kier alpha value is -1.03. The maximum atomic E-state index is 11.8. The molecule has 16 heavy (non-hydrogen) atoms. The Bertz CT molecular complexity index is 312. The summed E-state index contributed by atoms with van der Waals surface area (Å²) >= 11 is 5.76. The lowest BCUT2D eigenvalue weighted by Crippen LogP contribution is -2.38. The highest BCUT2D eigenvalue weighted by Crippen LogP contribution is 2.22. The van der Waals surface area contributed by atoms with E-state index < -0.39 is 11.3 Å². The summed E-state index contributed by atoms with van der Waals surface area (Å²) in [5, 5.41) is -0.570. The lowest BCUT2D eigenvalue weighted by atomic mass is 10.1. The Morgan fingerprint density at radius 2 is 2.19 bits per heavy atom. The third-order valence-corrected chi connectivity index (χ3v) is 2.69. The van der Waals surface area contributed by atoms with Crippen molar-refractivity contribution in [3.63, 3.8) is 0 Å². The molecule has 0 radical (unpaired) electrons. The third-order valence-electron chi connectivity index (χ3n) is 2.50. The Morgan fingerprint density at radius 3 is 2.75 bits per heavy atom. The zero-order chi connectivity index (χ0) is 12.1. The van der Waals surface area contributed by atoms with Gasteiger partial charge in [-0.05, 0) is 26.2 Å². The molecule has 1 atom stereocenters. The third kappa shape index (κ3) is 3.23. The van der Waals surface area contributed by atoms with Crippen LogP contribution in [0.3, 0.4) is 0 Å². The minimum Gasteiger partial charge on any atom is -0.466 e. The van der Waals surface area contributed by atoms with E-state index in [0.29, 0.717) is 18.7 Å². The average Bonchev–Trinajstić information content (AvgIpc) is 2.28. The number of alkyl halides is 1. The molecule has 1 heterocycles. The monoisotopic (exact) mass is 245 g/mol. The van der Waals surface area contributed by atoms with Crippen LogP contribution in [-0.2, 0) is 14.3 Å². The van der Waals surface area contributed by atoms with Crippen molar-refractivity contribution in [1.82, 2.24) is 4.90 Å². The summed E-state index contributed by atoms with van der Waals surface area (Å²) < 4.78 is 4.56. The molecule has 1 amide bonds. The molecule has 1 aliphatic heterocycles. The summed E-state index contributed by atoms with van der Waals surface area (Å²) in [5.41, 5.74) is 0.704. The first-order chi connectivity index (χ1) is 7.56. The largest absolute Gasteiger partial charge is 0.466 e. The molecule has 0 saturated carbocycles. The first-order valence-electron chi connectivity index (χ1n) is 5.30. The Kier molecular flexibility index (Phi) is 4.80. The van der Waals surface area contributed by atoms with E-state index in [0.717, 1.165) is 12.8 Å². The topological polar surface area (TPSA) is 46.6 Å². The molecule has 0 aromatic rings. The second kappa shape index (κ2) is 5.89. The molecule has 1 rings (SSSR count). The lowest BCUT2D eigenvalue weighted by Gasteiger charge is -2.30. The second-order valence-electron chi connectivity index (χ2n) is 3.72. The lowest BCUT2D eigenvalue weighted by molar-refractivity contribution is -0.135. The van der Waals surface area contributed by atoms with Gasteiger partial charge in [0.15, 0.2) is 0 Å². The minimum absolute atomic E-state index is 0.156. The molecule has 0 N–H and O–H groups in total. The maximum Gasteiger partial charge on any atom is 0.332 e. The van der Waals surface area contributed by atoms with Crippen molar-refractivity contribution in [2.75, 3.05) is 13.7 Å². The number of carbonyl (C=O) groups is 2. The first-order valence-corrected chi connectivity index (χ1v) is 5.74. The fourth-order valence-corrected chi connectivity index (χ4v) is 1.78. The minimum atomic E-state index is -0.570. The molecule has 5 heteroatoms. The van der Waals surface area contributed by atoms with Gasteiger partial charge in [0.1, 0.15) is 5.38 Å². The van der Waals surface area contributed by atoms with Crippen molar-refractivity contribution in [3.05, 3.63) is 11.8 Å². The van der Waals surface area contributed by atoms with Crippen LogP contribution in [0.2, 0.25) is 0 Å². The standard InChI is InChI=1S/C11H16ClNO3/c1-8(12)11(15)13-6-4-3-5-9(13)7-10(14)16-2/h7-8H,3-6H2,1-2H3/b9-7+/t8-/m1/s1. The molecule has 90 valence electrons. The summed E-state index contributed by atoms with van der Waals surface area (Å²) in [6.07, 6.45) is 4.00. The summed E-state index contributed by atoms with van der Waals surface area (Å²) in [7, 11) is 1.32. The Morgan fingerprint density at radius 1 is 1.50 bits per heavy atom. The van der Waals surface area contributed by atoms with Crippen LogP contribution < -0.4 is 0 Å². The van der Waals surface area contributed by atoms with E-state index in [1.54, 1.807) is 11.8 Å². The number of ether oxygens (including phenoxy) is 1. The van der Waals surface area contributed by atoms with Crippen molar-refractivity contribution in [1.29, 1.82) is 0 Å². The fraction of sp³-hybridized carbons (Fsp3) is 0.636. The number of esters is 1. The van der Waals surface area contributed by atoms with Crippen molar-refractivity contribution in [2.24, 2.45) is 0 Å². The molecule has 0 aromatic carbocycles. The quantitative estimate of drug-likeness (QED) is 0.423. The number of carbonyl (C=O) groups excluding carboxylic acids is 2. The number of methoxy groups -OCH3 is 1. The molecule has 4 nitrogen and oxygen atoms in total. The molecule has 0 aromatic heterocycles. The zero-order valence-corrected chi connectivity index (χ0v) is 10.3. The number of likely N-dealkylation sites (tertiary alicyclic amines) is 1. The highest BCUT2D eigenvalue weighted by atomic mass is 35.5. The predicted molar refractivity (Wildman–Crippen MR) is 61.0 cm³/mol. The number of rotatable bonds is 2. The van der Waals surface area contributed by atoms with Gasteiger partial charge in [-0.15, -0.1) is 11.6 Å². The molecule has 1 fully saturated rings. The molecule has 0 bridgehead atoms. The van der Waals surface area contributed by atoms with Gasteiger partial charge in [0.25, 0.3) is 0 Å². The molecule has 1 saturated heterocycles. The van der Waals surface area contributed by atoms with Crippen molar-refractivity contribution >= 4 is 23.5 Å². The SMILES string of the molecule is COC(=O)/C=C1\CCCCN1C(=O)[C@@H](C)Cl. The van der Waals surface area contributed by atoms with E-state index in [9.17, 15) is 9.59 Å². The van der Waals surface area contributed by atoms with Gasteiger partial charge in [-0.25, -0.2) is 4.79 Å². The van der Waals surface area contributed by atoms with Gasteiger partial charge < -0.3 is 9.64 Å². The van der Waals surface area contributed by atoms with Gasteiger partial charge in [0.2, 0.25) is 5.91 Å². The van der Waals surface area contributed by atoms with Crippen LogP contribution in [0.15, 0.2) is 11.8 Å². The van der Waals surface area contributed by atoms with Crippen LogP contribution in [-0.4, -0.2) is 35.8 Å². The molecule has 0 aliphatic carbocycles. The van der Waals surface area contributed by atoms with E-state index in [4.69, 9.17) is 11.6 Å². The molecule has 0 unspecified atom stereocenters. The van der Waals surface area contributed by atoms with Crippen molar-refractivity contribution in [3.8, 4) is 0 Å². The normalized spacial score (nSPS) is 20.7. The van der Waals surface area contributed by atoms with Gasteiger partial charge >= 0.3 is 5.97 Å². The second-order valence-corrected chi connectivity index (χ2v) is 4.38. The number of nitrogens with zero attached hydrogens (tertiary/aromatic N) is 1. The molecule has 1 aliphatic rings. The van der Waals surface area contributed by atoms with Crippen LogP contribution in [0.25, 0.3) is 0 Å². The van der Waals surface area contributed by atoms with E-state index in [1.165, 1.54) is 13.2 Å². The van der Waals surface area contributed by atoms with Gasteiger partial charge in [-0.1, -0.05) is 0 Å². The first kappa shape index (κ1) is 13.0. The summed E-state index contributed by atoms with van der Waals surface area (Å²) in [6, 6.07) is 0. The van der Waals surface area contributed by atoms with Gasteiger partial charge in [0.05, 0.1) is 7.11 Å². The Balaban J connectivity index is 2.83. The number of hydrogen-bond acceptors (Lipinski definition) is 3. The molecular weight excluding hydrogens is 230 g/mol. The van der Waals surface area contributed by atoms with Crippen LogP contribution >= 0.6 is 11.6 Å². The van der Waals surface area contributed by atoms with E-state index in [-0.39, 0.29) is 5.91 Å². The summed E-state index contributed by atoms with van der Waals surface area (Å²) in [6.45, 7) is 2.26. The van der Waals surface area contributed by atoms with Gasteiger partial charge in [-0.2, -0.15) is 0 Å². The summed E-state index contributed by atoms with van der Waals surface area (Å²) in [5.74, 6) is -0.589. The van der Waals surface area contributed by atoms with Crippen LogP contribution in [0.5, 0.6) is 0 Å². The number of allylic oxidation sites excluding steroid dienone is 1. The average molecular weight is 246 g/mol. The van der Waals surface area contributed by atoms with Crippen LogP contribution in [0.1, 0.15) is 26.2 Å². The molecule has 0 spiro atoms. The highest BCUT2D eigenvalue weighted by Gasteiger charge is 2.25. The smallest absolute Gasteiger partial charge is 0.332 e. The van der Waals surface area contributed by atoms with Gasteiger partial charge in [0, 0.05) is 18.3 Å². The Labute approximate surface area is 100 Å². The predicted octanol–water partition coefficient (Wildman–Crippen LogP) is 1.68. The fourth-order valence-electron chi connectivity index (χ4n) is 1.67. The highest BCUT2D eigenvalue weighted by molar-refractivity contribution is 6.30. The van der Waals surface area contributed by atoms with E-state index >= 15 is 0 Å². The van der Waals surface area contributed by atoms with Crippen LogP contribution in [0.4, 0.5) is 0 Å². The number of amides is 1. The van der Waals surface area contributed by atoms with E-state index in [2.05, 4.69) is 4.74 Å².